The van der Waals surface area contributed by atoms with E-state index in [-0.39, 0.29) is 11.5 Å². The molecule has 0 unspecified atom stereocenters. The summed E-state index contributed by atoms with van der Waals surface area (Å²) in [7, 11) is 0. The molecule has 0 N–H and O–H groups in total. The van der Waals surface area contributed by atoms with Crippen molar-refractivity contribution < 1.29 is 9.53 Å². The second kappa shape index (κ2) is 7.25. The number of nitrogens with zero attached hydrogens (tertiary/aromatic N) is 5. The van der Waals surface area contributed by atoms with Gasteiger partial charge >= 0.3 is 0 Å². The number of ether oxygens (including phenoxy) is 1. The van der Waals surface area contributed by atoms with E-state index in [1.54, 1.807) is 12.4 Å². The predicted molar refractivity (Wildman–Crippen MR) is 94.4 cm³/mol. The van der Waals surface area contributed by atoms with E-state index in [0.717, 1.165) is 64.7 Å². The van der Waals surface area contributed by atoms with Crippen molar-refractivity contribution >= 4 is 11.9 Å². The molecule has 1 spiro atoms. The minimum atomic E-state index is 0.0814. The van der Waals surface area contributed by atoms with Crippen LogP contribution in [0.1, 0.15) is 25.7 Å². The van der Waals surface area contributed by atoms with E-state index in [1.807, 2.05) is 11.0 Å². The highest BCUT2D eigenvalue weighted by Gasteiger charge is 2.39. The highest BCUT2D eigenvalue weighted by atomic mass is 16.5. The van der Waals surface area contributed by atoms with E-state index in [0.29, 0.717) is 6.54 Å². The van der Waals surface area contributed by atoms with Gasteiger partial charge in [-0.15, -0.1) is 0 Å². The van der Waals surface area contributed by atoms with Crippen LogP contribution in [0.2, 0.25) is 0 Å². The molecule has 0 aliphatic carbocycles. The maximum atomic E-state index is 12.6. The third-order valence-corrected chi connectivity index (χ3v) is 5.78. The number of aromatic nitrogens is 2. The predicted octanol–water partition coefficient (Wildman–Crippen LogP) is 0.770. The van der Waals surface area contributed by atoms with Crippen molar-refractivity contribution in [2.45, 2.75) is 31.3 Å². The fourth-order valence-electron chi connectivity index (χ4n) is 4.16. The number of carbonyl (C=O) groups is 1. The van der Waals surface area contributed by atoms with Gasteiger partial charge in [0.25, 0.3) is 0 Å². The van der Waals surface area contributed by atoms with Crippen LogP contribution in [0.15, 0.2) is 18.5 Å². The maximum absolute atomic E-state index is 12.6. The minimum Gasteiger partial charge on any atom is -0.375 e. The molecule has 4 rings (SSSR count). The molecule has 7 heteroatoms. The van der Waals surface area contributed by atoms with E-state index < -0.39 is 0 Å². The standard InChI is InChI=1S/C18H27N5O2/c24-16(22-8-4-18(5-9-22)3-1-14-25-18)15-21-10-12-23(13-11-21)17-19-6-2-7-20-17/h2,6-7H,1,3-5,8-15H2. The van der Waals surface area contributed by atoms with Crippen LogP contribution in [0.5, 0.6) is 0 Å². The van der Waals surface area contributed by atoms with Crippen LogP contribution < -0.4 is 4.90 Å². The number of hydrogen-bond donors (Lipinski definition) is 0. The fraction of sp³-hybridized carbons (Fsp3) is 0.722. The number of anilines is 1. The lowest BCUT2D eigenvalue weighted by atomic mass is 9.88. The normalized spacial score (nSPS) is 24.0. The lowest BCUT2D eigenvalue weighted by Crippen LogP contribution is -2.52. The third-order valence-electron chi connectivity index (χ3n) is 5.78. The van der Waals surface area contributed by atoms with Gasteiger partial charge in [-0.1, -0.05) is 0 Å². The Bertz CT molecular complexity index is 572. The summed E-state index contributed by atoms with van der Waals surface area (Å²) in [6.45, 7) is 6.60. The van der Waals surface area contributed by atoms with Crippen LogP contribution in [0.25, 0.3) is 0 Å². The summed E-state index contributed by atoms with van der Waals surface area (Å²) in [6.07, 6.45) is 7.88. The Morgan fingerprint density at radius 1 is 1.04 bits per heavy atom. The largest absolute Gasteiger partial charge is 0.375 e. The Morgan fingerprint density at radius 2 is 1.76 bits per heavy atom. The average Bonchev–Trinajstić information content (AvgIpc) is 3.11. The Hall–Kier alpha value is -1.73. The Morgan fingerprint density at radius 3 is 2.40 bits per heavy atom. The molecular formula is C18H27N5O2. The number of carbonyl (C=O) groups excluding carboxylic acids is 1. The molecule has 0 aromatic carbocycles. The average molecular weight is 345 g/mol. The Kier molecular flexibility index (Phi) is 4.85. The smallest absolute Gasteiger partial charge is 0.236 e. The lowest BCUT2D eigenvalue weighted by molar-refractivity contribution is -0.137. The molecule has 25 heavy (non-hydrogen) atoms. The first-order valence-corrected chi connectivity index (χ1v) is 9.40. The summed E-state index contributed by atoms with van der Waals surface area (Å²) < 4.78 is 5.95. The zero-order valence-corrected chi connectivity index (χ0v) is 14.8. The topological polar surface area (TPSA) is 61.8 Å². The first kappa shape index (κ1) is 16.7. The molecule has 3 aliphatic heterocycles. The molecule has 1 aromatic heterocycles. The Balaban J connectivity index is 1.23. The van der Waals surface area contributed by atoms with Crippen molar-refractivity contribution in [3.8, 4) is 0 Å². The molecule has 136 valence electrons. The fourth-order valence-corrected chi connectivity index (χ4v) is 4.16. The van der Waals surface area contributed by atoms with Crippen LogP contribution in [0.3, 0.4) is 0 Å². The number of piperidine rings is 1. The first-order chi connectivity index (χ1) is 12.2. The van der Waals surface area contributed by atoms with E-state index in [2.05, 4.69) is 19.8 Å². The summed E-state index contributed by atoms with van der Waals surface area (Å²) in [5, 5.41) is 0. The number of likely N-dealkylation sites (tertiary alicyclic amines) is 1. The lowest BCUT2D eigenvalue weighted by Gasteiger charge is -2.40. The quantitative estimate of drug-likeness (QED) is 0.806. The molecule has 3 saturated heterocycles. The van der Waals surface area contributed by atoms with Crippen LogP contribution >= 0.6 is 0 Å². The van der Waals surface area contributed by atoms with Crippen molar-refractivity contribution in [3.63, 3.8) is 0 Å². The Labute approximate surface area is 149 Å². The molecule has 3 aliphatic rings. The van der Waals surface area contributed by atoms with E-state index >= 15 is 0 Å². The van der Waals surface area contributed by atoms with Crippen LogP contribution in [0.4, 0.5) is 5.95 Å². The van der Waals surface area contributed by atoms with Crippen molar-refractivity contribution in [2.75, 3.05) is 57.3 Å². The number of hydrogen-bond acceptors (Lipinski definition) is 6. The molecule has 1 amide bonds. The molecule has 4 heterocycles. The minimum absolute atomic E-state index is 0.0814. The molecule has 0 atom stereocenters. The van der Waals surface area contributed by atoms with Crippen LogP contribution in [0, 0.1) is 0 Å². The van der Waals surface area contributed by atoms with Crippen molar-refractivity contribution in [3.05, 3.63) is 18.5 Å². The van der Waals surface area contributed by atoms with Crippen molar-refractivity contribution in [1.82, 2.24) is 19.8 Å². The monoisotopic (exact) mass is 345 g/mol. The third kappa shape index (κ3) is 3.77. The highest BCUT2D eigenvalue weighted by Crippen LogP contribution is 2.35. The van der Waals surface area contributed by atoms with Gasteiger partial charge < -0.3 is 14.5 Å². The molecule has 0 radical (unpaired) electrons. The summed E-state index contributed by atoms with van der Waals surface area (Å²) in [5.41, 5.74) is 0.0814. The van der Waals surface area contributed by atoms with Gasteiger partial charge in [-0.05, 0) is 31.7 Å². The van der Waals surface area contributed by atoms with Gasteiger partial charge in [-0.2, -0.15) is 0 Å². The van der Waals surface area contributed by atoms with Gasteiger partial charge in [0.2, 0.25) is 11.9 Å². The molecule has 0 bridgehead atoms. The summed E-state index contributed by atoms with van der Waals surface area (Å²) >= 11 is 0. The van der Waals surface area contributed by atoms with Gasteiger partial charge in [0.1, 0.15) is 0 Å². The van der Waals surface area contributed by atoms with Crippen molar-refractivity contribution in [1.29, 1.82) is 0 Å². The van der Waals surface area contributed by atoms with Crippen LogP contribution in [-0.2, 0) is 9.53 Å². The van der Waals surface area contributed by atoms with Crippen molar-refractivity contribution in [2.24, 2.45) is 0 Å². The molecular weight excluding hydrogens is 318 g/mol. The van der Waals surface area contributed by atoms with Gasteiger partial charge in [-0.25, -0.2) is 9.97 Å². The second-order valence-electron chi connectivity index (χ2n) is 7.33. The number of rotatable bonds is 3. The van der Waals surface area contributed by atoms with E-state index in [9.17, 15) is 4.79 Å². The van der Waals surface area contributed by atoms with Crippen LogP contribution in [-0.4, -0.2) is 83.7 Å². The molecule has 0 saturated carbocycles. The van der Waals surface area contributed by atoms with Gasteiger partial charge in [-0.3, -0.25) is 9.69 Å². The van der Waals surface area contributed by atoms with Gasteiger partial charge in [0, 0.05) is 58.3 Å². The van der Waals surface area contributed by atoms with E-state index in [1.165, 1.54) is 12.8 Å². The zero-order chi connectivity index (χ0) is 17.1. The summed E-state index contributed by atoms with van der Waals surface area (Å²) in [4.78, 5) is 27.7. The van der Waals surface area contributed by atoms with Gasteiger partial charge in [0.15, 0.2) is 0 Å². The SMILES string of the molecule is O=C(CN1CCN(c2ncccn2)CC1)N1CCC2(CCCO2)CC1. The number of amides is 1. The highest BCUT2D eigenvalue weighted by molar-refractivity contribution is 5.78. The van der Waals surface area contributed by atoms with Gasteiger partial charge in [0.05, 0.1) is 12.1 Å². The first-order valence-electron chi connectivity index (χ1n) is 9.40. The molecule has 7 nitrogen and oxygen atoms in total. The van der Waals surface area contributed by atoms with E-state index in [4.69, 9.17) is 4.74 Å². The molecule has 1 aromatic rings. The summed E-state index contributed by atoms with van der Waals surface area (Å²) in [6, 6.07) is 1.83. The molecule has 3 fully saturated rings. The summed E-state index contributed by atoms with van der Waals surface area (Å²) in [5.74, 6) is 1.05. The maximum Gasteiger partial charge on any atom is 0.236 e. The zero-order valence-electron chi connectivity index (χ0n) is 14.8. The number of piperazine rings is 1. The second-order valence-corrected chi connectivity index (χ2v) is 7.33.